The van der Waals surface area contributed by atoms with Gasteiger partial charge in [-0.25, -0.2) is 0 Å². The van der Waals surface area contributed by atoms with Crippen LogP contribution in [0, 0.1) is 5.92 Å². The van der Waals surface area contributed by atoms with Gasteiger partial charge in [-0.1, -0.05) is 12.5 Å². The first-order valence-electron chi connectivity index (χ1n) is 6.46. The van der Waals surface area contributed by atoms with E-state index >= 15 is 0 Å². The average molecular weight is 226 g/mol. The fraction of sp³-hybridized carbons (Fsp3) is 0.857. The summed E-state index contributed by atoms with van der Waals surface area (Å²) in [6, 6.07) is 0. The van der Waals surface area contributed by atoms with E-state index in [1.165, 1.54) is 0 Å². The Kier molecular flexibility index (Phi) is 5.00. The number of aliphatic hydroxyl groups excluding tert-OH is 1. The van der Waals surface area contributed by atoms with E-state index in [0.717, 1.165) is 37.2 Å². The summed E-state index contributed by atoms with van der Waals surface area (Å²) in [7, 11) is 0. The fourth-order valence-electron chi connectivity index (χ4n) is 2.63. The van der Waals surface area contributed by atoms with E-state index in [2.05, 4.69) is 13.5 Å². The Morgan fingerprint density at radius 3 is 2.50 bits per heavy atom. The molecule has 2 nitrogen and oxygen atoms in total. The molecule has 1 atom stereocenters. The molecule has 0 amide bonds. The molecular formula is C14H26O2. The predicted octanol–water partition coefficient (Wildman–Crippen LogP) is 3.30. The number of ether oxygens (including phenoxy) is 1. The highest BCUT2D eigenvalue weighted by atomic mass is 16.5. The summed E-state index contributed by atoms with van der Waals surface area (Å²) < 4.78 is 5.89. The minimum atomic E-state index is -0.391. The molecule has 0 saturated heterocycles. The average Bonchev–Trinajstić information content (AvgIpc) is 2.21. The van der Waals surface area contributed by atoms with Crippen molar-refractivity contribution in [3.8, 4) is 0 Å². The van der Waals surface area contributed by atoms with Gasteiger partial charge in [-0.05, 0) is 51.9 Å². The van der Waals surface area contributed by atoms with Crippen molar-refractivity contribution in [3.63, 3.8) is 0 Å². The molecule has 0 heterocycles. The maximum absolute atomic E-state index is 10.3. The molecule has 0 aliphatic heterocycles. The molecule has 1 unspecified atom stereocenters. The summed E-state index contributed by atoms with van der Waals surface area (Å²) in [6.45, 7) is 10.8. The van der Waals surface area contributed by atoms with Crippen molar-refractivity contribution in [2.45, 2.75) is 64.6 Å². The number of hydrogen-bond acceptors (Lipinski definition) is 2. The monoisotopic (exact) mass is 226 g/mol. The van der Waals surface area contributed by atoms with Gasteiger partial charge in [-0.2, -0.15) is 0 Å². The molecule has 0 radical (unpaired) electrons. The number of hydrogen-bond donors (Lipinski definition) is 1. The van der Waals surface area contributed by atoms with Gasteiger partial charge in [0.15, 0.2) is 0 Å². The van der Waals surface area contributed by atoms with E-state index in [0.29, 0.717) is 13.0 Å². The standard InChI is InChI=1S/C14H26O2/c1-5-16-14(13(15)10-11(2)3)8-6-12(4)7-9-14/h12-13,15H,2,5-10H2,1,3-4H3. The first-order chi connectivity index (χ1) is 7.50. The zero-order chi connectivity index (χ0) is 12.2. The topological polar surface area (TPSA) is 29.5 Å². The van der Waals surface area contributed by atoms with Gasteiger partial charge < -0.3 is 9.84 Å². The van der Waals surface area contributed by atoms with Crippen molar-refractivity contribution in [2.75, 3.05) is 6.61 Å². The minimum Gasteiger partial charge on any atom is -0.390 e. The predicted molar refractivity (Wildman–Crippen MR) is 67.4 cm³/mol. The molecule has 0 aromatic heterocycles. The molecule has 1 aliphatic carbocycles. The molecule has 0 bridgehead atoms. The Morgan fingerprint density at radius 2 is 2.06 bits per heavy atom. The van der Waals surface area contributed by atoms with E-state index in [-0.39, 0.29) is 5.60 Å². The smallest absolute Gasteiger partial charge is 0.0943 e. The van der Waals surface area contributed by atoms with E-state index in [1.54, 1.807) is 0 Å². The maximum Gasteiger partial charge on any atom is 0.0943 e. The molecule has 1 aliphatic rings. The van der Waals surface area contributed by atoms with Gasteiger partial charge in [0.25, 0.3) is 0 Å². The van der Waals surface area contributed by atoms with E-state index in [9.17, 15) is 5.11 Å². The van der Waals surface area contributed by atoms with Crippen molar-refractivity contribution >= 4 is 0 Å². The van der Waals surface area contributed by atoms with Crippen LogP contribution in [0.25, 0.3) is 0 Å². The van der Waals surface area contributed by atoms with E-state index in [4.69, 9.17) is 4.74 Å². The Balaban J connectivity index is 2.67. The lowest BCUT2D eigenvalue weighted by molar-refractivity contribution is -0.143. The third-order valence-corrected chi connectivity index (χ3v) is 3.70. The van der Waals surface area contributed by atoms with Gasteiger partial charge in [0.1, 0.15) is 0 Å². The molecule has 0 aromatic carbocycles. The highest BCUT2D eigenvalue weighted by molar-refractivity contribution is 5.00. The molecule has 94 valence electrons. The number of aliphatic hydroxyl groups is 1. The molecule has 1 N–H and O–H groups in total. The van der Waals surface area contributed by atoms with Crippen LogP contribution in [0.1, 0.15) is 52.9 Å². The van der Waals surface area contributed by atoms with Crippen LogP contribution in [-0.4, -0.2) is 23.4 Å². The van der Waals surface area contributed by atoms with Crippen molar-refractivity contribution in [1.82, 2.24) is 0 Å². The van der Waals surface area contributed by atoms with Gasteiger partial charge >= 0.3 is 0 Å². The summed E-state index contributed by atoms with van der Waals surface area (Å²) in [4.78, 5) is 0. The van der Waals surface area contributed by atoms with Gasteiger partial charge in [0.2, 0.25) is 0 Å². The summed E-state index contributed by atoms with van der Waals surface area (Å²) in [5.74, 6) is 0.769. The second kappa shape index (κ2) is 5.83. The van der Waals surface area contributed by atoms with Crippen LogP contribution in [0.2, 0.25) is 0 Å². The molecule has 2 heteroatoms. The summed E-state index contributed by atoms with van der Waals surface area (Å²) >= 11 is 0. The van der Waals surface area contributed by atoms with E-state index in [1.807, 2.05) is 13.8 Å². The minimum absolute atomic E-state index is 0.305. The largest absolute Gasteiger partial charge is 0.390 e. The highest BCUT2D eigenvalue weighted by Crippen LogP contribution is 2.38. The molecular weight excluding hydrogens is 200 g/mol. The maximum atomic E-state index is 10.3. The third kappa shape index (κ3) is 3.33. The number of rotatable bonds is 5. The lowest BCUT2D eigenvalue weighted by Crippen LogP contribution is -2.47. The zero-order valence-corrected chi connectivity index (χ0v) is 11.0. The molecule has 1 rings (SSSR count). The summed E-state index contributed by atoms with van der Waals surface area (Å²) in [6.07, 6.45) is 4.55. The van der Waals surface area contributed by atoms with Crippen molar-refractivity contribution < 1.29 is 9.84 Å². The zero-order valence-electron chi connectivity index (χ0n) is 11.0. The Labute approximate surface area is 99.7 Å². The first-order valence-corrected chi connectivity index (χ1v) is 6.46. The van der Waals surface area contributed by atoms with Crippen LogP contribution in [-0.2, 0) is 4.74 Å². The van der Waals surface area contributed by atoms with Crippen LogP contribution >= 0.6 is 0 Å². The van der Waals surface area contributed by atoms with Crippen molar-refractivity contribution in [1.29, 1.82) is 0 Å². The summed E-state index contributed by atoms with van der Waals surface area (Å²) in [5, 5.41) is 10.3. The van der Waals surface area contributed by atoms with Crippen molar-refractivity contribution in [3.05, 3.63) is 12.2 Å². The highest BCUT2D eigenvalue weighted by Gasteiger charge is 2.41. The van der Waals surface area contributed by atoms with Gasteiger partial charge in [0.05, 0.1) is 11.7 Å². The van der Waals surface area contributed by atoms with Crippen LogP contribution < -0.4 is 0 Å². The van der Waals surface area contributed by atoms with Crippen LogP contribution in [0.5, 0.6) is 0 Å². The van der Waals surface area contributed by atoms with Gasteiger partial charge in [0, 0.05) is 6.61 Å². The summed E-state index contributed by atoms with van der Waals surface area (Å²) in [5.41, 5.74) is 0.727. The quantitative estimate of drug-likeness (QED) is 0.729. The first kappa shape index (κ1) is 13.7. The van der Waals surface area contributed by atoms with Gasteiger partial charge in [-0.15, -0.1) is 6.58 Å². The van der Waals surface area contributed by atoms with Crippen LogP contribution in [0.3, 0.4) is 0 Å². The SMILES string of the molecule is C=C(C)CC(O)C1(OCC)CCC(C)CC1. The molecule has 16 heavy (non-hydrogen) atoms. The Bertz CT molecular complexity index is 227. The Hall–Kier alpha value is -0.340. The third-order valence-electron chi connectivity index (χ3n) is 3.70. The molecule has 1 saturated carbocycles. The fourth-order valence-corrected chi connectivity index (χ4v) is 2.63. The van der Waals surface area contributed by atoms with Crippen molar-refractivity contribution in [2.24, 2.45) is 5.92 Å². The Morgan fingerprint density at radius 1 is 1.50 bits per heavy atom. The second-order valence-corrected chi connectivity index (χ2v) is 5.36. The van der Waals surface area contributed by atoms with E-state index < -0.39 is 6.10 Å². The van der Waals surface area contributed by atoms with Crippen LogP contribution in [0.15, 0.2) is 12.2 Å². The van der Waals surface area contributed by atoms with Gasteiger partial charge in [-0.3, -0.25) is 0 Å². The second-order valence-electron chi connectivity index (χ2n) is 5.36. The lowest BCUT2D eigenvalue weighted by Gasteiger charge is -2.42. The lowest BCUT2D eigenvalue weighted by atomic mass is 9.75. The molecule has 0 spiro atoms. The molecule has 0 aromatic rings. The normalized spacial score (nSPS) is 32.4. The van der Waals surface area contributed by atoms with Crippen LogP contribution in [0.4, 0.5) is 0 Å². The molecule has 1 fully saturated rings.